The van der Waals surface area contributed by atoms with Crippen molar-refractivity contribution in [3.05, 3.63) is 65.5 Å². The first kappa shape index (κ1) is 13.2. The van der Waals surface area contributed by atoms with E-state index in [0.29, 0.717) is 5.88 Å². The van der Waals surface area contributed by atoms with Gasteiger partial charge >= 0.3 is 0 Å². The Labute approximate surface area is 124 Å². The monoisotopic (exact) mass is 284 g/mol. The number of halogens is 1. The van der Waals surface area contributed by atoms with Crippen LogP contribution in [0.5, 0.6) is 0 Å². The van der Waals surface area contributed by atoms with E-state index in [1.165, 1.54) is 16.6 Å². The standard InChI is InChI=1S/C17H17ClN2/c1-13-7-8-15-16(11-13)20(17(19-15)9-10-18)12-14-5-3-2-4-6-14/h2-8,11H,9-10,12H2,1H3. The minimum Gasteiger partial charge on any atom is -0.323 e. The van der Waals surface area contributed by atoms with Crippen LogP contribution in [0.15, 0.2) is 48.5 Å². The Balaban J connectivity index is 2.10. The molecular formula is C17H17ClN2. The van der Waals surface area contributed by atoms with Gasteiger partial charge in [0.2, 0.25) is 0 Å². The molecule has 0 aliphatic heterocycles. The lowest BCUT2D eigenvalue weighted by Gasteiger charge is -2.09. The molecule has 3 heteroatoms. The molecule has 0 saturated heterocycles. The Morgan fingerprint density at radius 1 is 1.10 bits per heavy atom. The van der Waals surface area contributed by atoms with Crippen LogP contribution >= 0.6 is 11.6 Å². The van der Waals surface area contributed by atoms with Gasteiger partial charge in [0, 0.05) is 18.8 Å². The molecule has 0 aliphatic carbocycles. The van der Waals surface area contributed by atoms with E-state index in [1.54, 1.807) is 0 Å². The van der Waals surface area contributed by atoms with Crippen molar-refractivity contribution in [2.24, 2.45) is 0 Å². The van der Waals surface area contributed by atoms with Crippen LogP contribution in [-0.2, 0) is 13.0 Å². The maximum absolute atomic E-state index is 5.92. The molecule has 0 N–H and O–H groups in total. The predicted octanol–water partition coefficient (Wildman–Crippen LogP) is 4.17. The van der Waals surface area contributed by atoms with E-state index in [0.717, 1.165) is 24.3 Å². The lowest BCUT2D eigenvalue weighted by molar-refractivity contribution is 0.754. The number of rotatable bonds is 4. The summed E-state index contributed by atoms with van der Waals surface area (Å²) in [4.78, 5) is 4.72. The summed E-state index contributed by atoms with van der Waals surface area (Å²) in [7, 11) is 0. The van der Waals surface area contributed by atoms with Crippen molar-refractivity contribution in [3.63, 3.8) is 0 Å². The minimum absolute atomic E-state index is 0.594. The summed E-state index contributed by atoms with van der Waals surface area (Å²) >= 11 is 5.92. The van der Waals surface area contributed by atoms with Crippen LogP contribution in [0.2, 0.25) is 0 Å². The average Bonchev–Trinajstić information content (AvgIpc) is 2.78. The van der Waals surface area contributed by atoms with Crippen LogP contribution in [0.3, 0.4) is 0 Å². The van der Waals surface area contributed by atoms with Crippen LogP contribution in [0.4, 0.5) is 0 Å². The first-order chi connectivity index (χ1) is 9.78. The molecule has 1 heterocycles. The Bertz CT molecular complexity index is 716. The van der Waals surface area contributed by atoms with E-state index in [4.69, 9.17) is 16.6 Å². The highest BCUT2D eigenvalue weighted by Gasteiger charge is 2.10. The lowest BCUT2D eigenvalue weighted by Crippen LogP contribution is -2.06. The molecule has 2 aromatic carbocycles. The fraction of sp³-hybridized carbons (Fsp3) is 0.235. The summed E-state index contributed by atoms with van der Waals surface area (Å²) in [6.45, 7) is 2.95. The summed E-state index contributed by atoms with van der Waals surface area (Å²) in [6, 6.07) is 16.9. The van der Waals surface area contributed by atoms with Crippen molar-refractivity contribution in [2.45, 2.75) is 19.9 Å². The molecule has 1 aromatic heterocycles. The van der Waals surface area contributed by atoms with Gasteiger partial charge in [-0.25, -0.2) is 4.98 Å². The first-order valence-electron chi connectivity index (χ1n) is 6.83. The number of aromatic nitrogens is 2. The van der Waals surface area contributed by atoms with Gasteiger partial charge in [0.15, 0.2) is 0 Å². The number of fused-ring (bicyclic) bond motifs is 1. The molecule has 3 aromatic rings. The molecule has 0 atom stereocenters. The minimum atomic E-state index is 0.594. The highest BCUT2D eigenvalue weighted by atomic mass is 35.5. The van der Waals surface area contributed by atoms with E-state index in [9.17, 15) is 0 Å². The molecule has 20 heavy (non-hydrogen) atoms. The Morgan fingerprint density at radius 2 is 1.90 bits per heavy atom. The molecule has 0 bridgehead atoms. The molecule has 0 saturated carbocycles. The molecule has 3 rings (SSSR count). The third-order valence-electron chi connectivity index (χ3n) is 3.48. The quantitative estimate of drug-likeness (QED) is 0.657. The Hall–Kier alpha value is -1.80. The van der Waals surface area contributed by atoms with Crippen LogP contribution in [0.25, 0.3) is 11.0 Å². The second-order valence-electron chi connectivity index (χ2n) is 5.03. The number of benzene rings is 2. The summed E-state index contributed by atoms with van der Waals surface area (Å²) in [5.74, 6) is 1.65. The number of imidazole rings is 1. The highest BCUT2D eigenvalue weighted by Crippen LogP contribution is 2.20. The van der Waals surface area contributed by atoms with E-state index in [1.807, 2.05) is 6.07 Å². The number of hydrogen-bond donors (Lipinski definition) is 0. The molecule has 0 amide bonds. The maximum Gasteiger partial charge on any atom is 0.111 e. The van der Waals surface area contributed by atoms with Crippen LogP contribution in [0.1, 0.15) is 17.0 Å². The lowest BCUT2D eigenvalue weighted by atomic mass is 10.2. The van der Waals surface area contributed by atoms with Crippen molar-refractivity contribution < 1.29 is 0 Å². The fourth-order valence-corrected chi connectivity index (χ4v) is 2.67. The molecule has 0 aliphatic rings. The van der Waals surface area contributed by atoms with Gasteiger partial charge in [-0.1, -0.05) is 36.4 Å². The molecule has 2 nitrogen and oxygen atoms in total. The van der Waals surface area contributed by atoms with Crippen molar-refractivity contribution >= 4 is 22.6 Å². The molecule has 0 fully saturated rings. The van der Waals surface area contributed by atoms with E-state index in [-0.39, 0.29) is 0 Å². The van der Waals surface area contributed by atoms with Gasteiger partial charge in [-0.15, -0.1) is 11.6 Å². The maximum atomic E-state index is 5.92. The van der Waals surface area contributed by atoms with Gasteiger partial charge in [-0.2, -0.15) is 0 Å². The van der Waals surface area contributed by atoms with Crippen molar-refractivity contribution in [3.8, 4) is 0 Å². The van der Waals surface area contributed by atoms with Crippen LogP contribution in [-0.4, -0.2) is 15.4 Å². The second kappa shape index (κ2) is 5.68. The Kier molecular flexibility index (Phi) is 3.75. The topological polar surface area (TPSA) is 17.8 Å². The van der Waals surface area contributed by atoms with E-state index < -0.39 is 0 Å². The van der Waals surface area contributed by atoms with Gasteiger partial charge < -0.3 is 4.57 Å². The van der Waals surface area contributed by atoms with E-state index in [2.05, 4.69) is 54.0 Å². The smallest absolute Gasteiger partial charge is 0.111 e. The molecule has 0 spiro atoms. The van der Waals surface area contributed by atoms with Gasteiger partial charge in [0.25, 0.3) is 0 Å². The Morgan fingerprint density at radius 3 is 2.65 bits per heavy atom. The van der Waals surface area contributed by atoms with Crippen molar-refractivity contribution in [2.75, 3.05) is 5.88 Å². The second-order valence-corrected chi connectivity index (χ2v) is 5.41. The van der Waals surface area contributed by atoms with Gasteiger partial charge in [0.1, 0.15) is 5.82 Å². The van der Waals surface area contributed by atoms with Crippen LogP contribution < -0.4 is 0 Å². The molecule has 0 unspecified atom stereocenters. The number of nitrogens with zero attached hydrogens (tertiary/aromatic N) is 2. The predicted molar refractivity (Wildman–Crippen MR) is 84.4 cm³/mol. The zero-order valence-corrected chi connectivity index (χ0v) is 12.3. The van der Waals surface area contributed by atoms with Gasteiger partial charge in [0.05, 0.1) is 11.0 Å². The van der Waals surface area contributed by atoms with Crippen molar-refractivity contribution in [1.29, 1.82) is 0 Å². The summed E-state index contributed by atoms with van der Waals surface area (Å²) in [5.41, 5.74) is 4.77. The average molecular weight is 285 g/mol. The zero-order chi connectivity index (χ0) is 13.9. The largest absolute Gasteiger partial charge is 0.323 e. The van der Waals surface area contributed by atoms with Crippen molar-refractivity contribution in [1.82, 2.24) is 9.55 Å². The summed E-state index contributed by atoms with van der Waals surface area (Å²) < 4.78 is 2.28. The number of alkyl halides is 1. The molecule has 0 radical (unpaired) electrons. The number of hydrogen-bond acceptors (Lipinski definition) is 1. The summed E-state index contributed by atoms with van der Waals surface area (Å²) in [6.07, 6.45) is 0.794. The molecule has 102 valence electrons. The van der Waals surface area contributed by atoms with Crippen LogP contribution in [0, 0.1) is 6.92 Å². The SMILES string of the molecule is Cc1ccc2nc(CCCl)n(Cc3ccccc3)c2c1. The highest BCUT2D eigenvalue weighted by molar-refractivity contribution is 6.17. The summed E-state index contributed by atoms with van der Waals surface area (Å²) in [5, 5.41) is 0. The zero-order valence-electron chi connectivity index (χ0n) is 11.5. The normalized spacial score (nSPS) is 11.1. The van der Waals surface area contributed by atoms with E-state index >= 15 is 0 Å². The first-order valence-corrected chi connectivity index (χ1v) is 7.37. The fourth-order valence-electron chi connectivity index (χ4n) is 2.50. The van der Waals surface area contributed by atoms with Gasteiger partial charge in [-0.3, -0.25) is 0 Å². The van der Waals surface area contributed by atoms with Gasteiger partial charge in [-0.05, 0) is 30.2 Å². The third-order valence-corrected chi connectivity index (χ3v) is 3.67. The third kappa shape index (κ3) is 2.56. The molecular weight excluding hydrogens is 268 g/mol. The number of aryl methyl sites for hydroxylation is 2.